The van der Waals surface area contributed by atoms with Gasteiger partial charge >= 0.3 is 0 Å². The van der Waals surface area contributed by atoms with E-state index in [-0.39, 0.29) is 54.6 Å². The lowest BCUT2D eigenvalue weighted by Gasteiger charge is -2.53. The summed E-state index contributed by atoms with van der Waals surface area (Å²) in [5.74, 6) is 1.79. The summed E-state index contributed by atoms with van der Waals surface area (Å²) in [5, 5.41) is 9.59. The van der Waals surface area contributed by atoms with Crippen molar-refractivity contribution in [2.75, 3.05) is 53.6 Å². The van der Waals surface area contributed by atoms with Crippen molar-refractivity contribution in [2.24, 2.45) is 0 Å². The summed E-state index contributed by atoms with van der Waals surface area (Å²) < 4.78 is 11.5. The van der Waals surface area contributed by atoms with E-state index in [1.54, 1.807) is 19.1 Å². The van der Waals surface area contributed by atoms with Gasteiger partial charge in [-0.15, -0.1) is 24.8 Å². The minimum Gasteiger partial charge on any atom is -0.481 e. The van der Waals surface area contributed by atoms with Crippen molar-refractivity contribution in [1.82, 2.24) is 24.7 Å². The first-order valence-corrected chi connectivity index (χ1v) is 14.4. The third-order valence-electron chi connectivity index (χ3n) is 8.29. The monoisotopic (exact) mass is 631 g/mol. The van der Waals surface area contributed by atoms with E-state index in [9.17, 15) is 9.90 Å². The Kier molecular flexibility index (Phi) is 12.6. The fourth-order valence-corrected chi connectivity index (χ4v) is 6.33. The molecule has 2 aliphatic rings. The standard InChI is InChI=1S/C32H41N5O4.2ClH/c1-22(2)30-33-31(40-3)26(32(34-30)41-4)19-35-17-25-18-36(28(39)21-38)15-16-37(25)27(20-35)29(23-11-7-5-8-12-23)24-13-9-6-10-14-24;;/h5-14,22,25,27,29,38H,15-21H2,1-4H3;2*1H/t25-,27+;;/m1../s1. The van der Waals surface area contributed by atoms with Gasteiger partial charge in [-0.3, -0.25) is 14.6 Å². The van der Waals surface area contributed by atoms with E-state index in [4.69, 9.17) is 19.4 Å². The first-order chi connectivity index (χ1) is 19.9. The number of ether oxygens (including phenoxy) is 2. The molecule has 1 aromatic heterocycles. The molecule has 3 heterocycles. The number of aliphatic hydroxyl groups excluding tert-OH is 1. The van der Waals surface area contributed by atoms with Crippen LogP contribution in [0.3, 0.4) is 0 Å². The second-order valence-corrected chi connectivity index (χ2v) is 11.2. The number of rotatable bonds is 9. The number of benzene rings is 2. The van der Waals surface area contributed by atoms with Crippen LogP contribution in [-0.4, -0.2) is 101 Å². The molecule has 0 unspecified atom stereocenters. The molecule has 0 bridgehead atoms. The van der Waals surface area contributed by atoms with E-state index in [1.807, 2.05) is 13.8 Å². The second kappa shape index (κ2) is 15.7. The van der Waals surface area contributed by atoms with E-state index < -0.39 is 6.61 Å². The van der Waals surface area contributed by atoms with Crippen molar-refractivity contribution in [1.29, 1.82) is 0 Å². The zero-order chi connectivity index (χ0) is 28.9. The fraction of sp³-hybridized carbons (Fsp3) is 0.469. The van der Waals surface area contributed by atoms with Gasteiger partial charge in [0.2, 0.25) is 17.7 Å². The summed E-state index contributed by atoms with van der Waals surface area (Å²) in [4.78, 5) is 28.7. The molecule has 0 aliphatic carbocycles. The molecule has 0 radical (unpaired) electrons. The van der Waals surface area contributed by atoms with Gasteiger partial charge in [0.25, 0.3) is 0 Å². The van der Waals surface area contributed by atoms with E-state index in [1.165, 1.54) is 11.1 Å². The number of nitrogens with zero attached hydrogens (tertiary/aromatic N) is 5. The van der Waals surface area contributed by atoms with Crippen molar-refractivity contribution in [3.8, 4) is 11.8 Å². The van der Waals surface area contributed by atoms with Crippen LogP contribution in [0.1, 0.15) is 48.2 Å². The number of amides is 1. The van der Waals surface area contributed by atoms with Crippen LogP contribution in [0.15, 0.2) is 60.7 Å². The van der Waals surface area contributed by atoms with Gasteiger partial charge in [0, 0.05) is 63.2 Å². The molecule has 3 aromatic rings. The van der Waals surface area contributed by atoms with E-state index >= 15 is 0 Å². The zero-order valence-corrected chi connectivity index (χ0v) is 26.9. The van der Waals surface area contributed by atoms with Crippen LogP contribution in [0.25, 0.3) is 0 Å². The van der Waals surface area contributed by atoms with Crippen molar-refractivity contribution in [3.63, 3.8) is 0 Å². The number of hydrogen-bond donors (Lipinski definition) is 1. The summed E-state index contributed by atoms with van der Waals surface area (Å²) in [6.07, 6.45) is 0. The minimum atomic E-state index is -0.468. The third kappa shape index (κ3) is 7.59. The highest BCUT2D eigenvalue weighted by Gasteiger charge is 2.43. The van der Waals surface area contributed by atoms with Gasteiger partial charge in [-0.2, -0.15) is 9.97 Å². The van der Waals surface area contributed by atoms with Crippen molar-refractivity contribution in [3.05, 3.63) is 83.2 Å². The fourth-order valence-electron chi connectivity index (χ4n) is 6.33. The average Bonchev–Trinajstić information content (AvgIpc) is 3.01. The van der Waals surface area contributed by atoms with Gasteiger partial charge < -0.3 is 19.5 Å². The molecule has 2 saturated heterocycles. The lowest BCUT2D eigenvalue weighted by atomic mass is 9.81. The average molecular weight is 633 g/mol. The van der Waals surface area contributed by atoms with Crippen LogP contribution < -0.4 is 9.47 Å². The number of aliphatic hydroxyl groups is 1. The third-order valence-corrected chi connectivity index (χ3v) is 8.29. The summed E-state index contributed by atoms with van der Waals surface area (Å²) in [6.45, 7) is 7.66. The lowest BCUT2D eigenvalue weighted by Crippen LogP contribution is -2.67. The number of halogens is 2. The molecule has 5 rings (SSSR count). The first-order valence-electron chi connectivity index (χ1n) is 14.4. The van der Waals surface area contributed by atoms with Crippen molar-refractivity contribution >= 4 is 30.7 Å². The van der Waals surface area contributed by atoms with Crippen LogP contribution in [0.2, 0.25) is 0 Å². The molecule has 11 heteroatoms. The molecule has 2 fully saturated rings. The van der Waals surface area contributed by atoms with E-state index in [0.29, 0.717) is 37.2 Å². The predicted molar refractivity (Wildman–Crippen MR) is 172 cm³/mol. The topological polar surface area (TPSA) is 91.3 Å². The highest BCUT2D eigenvalue weighted by molar-refractivity contribution is 5.85. The number of methoxy groups -OCH3 is 2. The molecule has 2 aliphatic heterocycles. The highest BCUT2D eigenvalue weighted by atomic mass is 35.5. The van der Waals surface area contributed by atoms with Gasteiger partial charge in [-0.25, -0.2) is 0 Å². The number of aromatic nitrogens is 2. The molecule has 2 atom stereocenters. The normalized spacial score (nSPS) is 18.9. The molecule has 2 aromatic carbocycles. The Morgan fingerprint density at radius 3 is 1.93 bits per heavy atom. The van der Waals surface area contributed by atoms with Gasteiger partial charge in [0.15, 0.2) is 0 Å². The maximum Gasteiger partial charge on any atom is 0.248 e. The van der Waals surface area contributed by atoms with Crippen LogP contribution in [-0.2, 0) is 11.3 Å². The zero-order valence-electron chi connectivity index (χ0n) is 25.3. The van der Waals surface area contributed by atoms with Crippen molar-refractivity contribution in [2.45, 2.75) is 44.3 Å². The Balaban J connectivity index is 0.00000253. The van der Waals surface area contributed by atoms with Crippen LogP contribution >= 0.6 is 24.8 Å². The predicted octanol–water partition coefficient (Wildman–Crippen LogP) is 3.98. The largest absolute Gasteiger partial charge is 0.481 e. The van der Waals surface area contributed by atoms with E-state index in [2.05, 4.69) is 70.5 Å². The van der Waals surface area contributed by atoms with E-state index in [0.717, 1.165) is 25.2 Å². The molecule has 43 heavy (non-hydrogen) atoms. The molecular weight excluding hydrogens is 589 g/mol. The smallest absolute Gasteiger partial charge is 0.248 e. The number of hydrogen-bond acceptors (Lipinski definition) is 8. The molecular formula is C32H43Cl2N5O4. The summed E-state index contributed by atoms with van der Waals surface area (Å²) in [5.41, 5.74) is 3.34. The highest BCUT2D eigenvalue weighted by Crippen LogP contribution is 2.37. The van der Waals surface area contributed by atoms with Gasteiger partial charge in [-0.1, -0.05) is 74.5 Å². The molecule has 1 N–H and O–H groups in total. The van der Waals surface area contributed by atoms with Crippen LogP contribution in [0.5, 0.6) is 11.8 Å². The summed E-state index contributed by atoms with van der Waals surface area (Å²) in [7, 11) is 3.27. The van der Waals surface area contributed by atoms with Crippen molar-refractivity contribution < 1.29 is 19.4 Å². The Morgan fingerprint density at radius 1 is 0.884 bits per heavy atom. The van der Waals surface area contributed by atoms with Crippen LogP contribution in [0, 0.1) is 0 Å². The Hall–Kier alpha value is -2.95. The van der Waals surface area contributed by atoms with Crippen LogP contribution in [0.4, 0.5) is 0 Å². The molecule has 234 valence electrons. The van der Waals surface area contributed by atoms with Gasteiger partial charge in [0.1, 0.15) is 12.4 Å². The quantitative estimate of drug-likeness (QED) is 0.379. The second-order valence-electron chi connectivity index (χ2n) is 11.2. The van der Waals surface area contributed by atoms with Gasteiger partial charge in [0.05, 0.1) is 19.8 Å². The molecule has 0 spiro atoms. The molecule has 0 saturated carbocycles. The summed E-state index contributed by atoms with van der Waals surface area (Å²) in [6, 6.07) is 21.6. The van der Waals surface area contributed by atoms with Gasteiger partial charge in [-0.05, 0) is 11.1 Å². The Labute approximate surface area is 267 Å². The number of carbonyl (C=O) groups excluding carboxylic acids is 1. The molecule has 1 amide bonds. The Morgan fingerprint density at radius 2 is 1.44 bits per heavy atom. The Bertz CT molecular complexity index is 1250. The minimum absolute atomic E-state index is 0. The number of piperazine rings is 2. The first kappa shape index (κ1) is 34.5. The maximum absolute atomic E-state index is 12.5. The number of fused-ring (bicyclic) bond motifs is 1. The summed E-state index contributed by atoms with van der Waals surface area (Å²) >= 11 is 0. The number of carbonyl (C=O) groups is 1. The SMILES string of the molecule is COc1nc(C(C)C)nc(OC)c1CN1C[C@@H]2CN(C(=O)CO)CCN2[C@H](C(c2ccccc2)c2ccccc2)C1.Cl.Cl. The maximum atomic E-state index is 12.5. The lowest BCUT2D eigenvalue weighted by molar-refractivity contribution is -0.139. The molecule has 9 nitrogen and oxygen atoms in total.